The minimum Gasteiger partial charge on any atom is -0.458 e. The topological polar surface area (TPSA) is 104 Å². The van der Waals surface area contributed by atoms with E-state index in [1.165, 1.54) is 24.7 Å². The molecular weight excluding hydrogens is 408 g/mol. The van der Waals surface area contributed by atoms with Crippen LogP contribution in [-0.2, 0) is 40.1 Å². The fraction of sp³-hybridized carbons (Fsp3) is 0.476. The molecule has 0 radical (unpaired) electrons. The first-order chi connectivity index (χ1) is 14.0. The van der Waals surface area contributed by atoms with Gasteiger partial charge >= 0.3 is 11.7 Å². The Hall–Kier alpha value is -2.68. The van der Waals surface area contributed by atoms with E-state index in [-0.39, 0.29) is 30.0 Å². The van der Waals surface area contributed by atoms with Gasteiger partial charge in [0.2, 0.25) is 0 Å². The third-order valence-corrected chi connectivity index (χ3v) is 8.53. The molecular formula is C21H26N2O6S. The zero-order chi connectivity index (χ0) is 22.3. The van der Waals surface area contributed by atoms with Crippen LogP contribution in [0.25, 0.3) is 0 Å². The molecule has 1 aromatic heterocycles. The maximum Gasteiger partial charge on any atom is 0.330 e. The summed E-state index contributed by atoms with van der Waals surface area (Å²) in [7, 11) is -1.19. The number of carbonyl (C=O) groups excluding carboxylic acids is 1. The van der Waals surface area contributed by atoms with E-state index in [0.717, 1.165) is 10.1 Å². The number of carbonyl (C=O) groups is 1. The van der Waals surface area contributed by atoms with Gasteiger partial charge in [0, 0.05) is 20.2 Å². The number of hydrogen-bond donors (Lipinski definition) is 0. The Morgan fingerprint density at radius 2 is 1.70 bits per heavy atom. The third kappa shape index (κ3) is 3.51. The van der Waals surface area contributed by atoms with E-state index >= 15 is 0 Å². The molecule has 1 heterocycles. The Balaban J connectivity index is 1.97. The second-order valence-corrected chi connectivity index (χ2v) is 10.2. The summed E-state index contributed by atoms with van der Waals surface area (Å²) in [5.41, 5.74) is 0.494. The Morgan fingerprint density at radius 3 is 2.33 bits per heavy atom. The first-order valence-electron chi connectivity index (χ1n) is 9.76. The molecule has 162 valence electrons. The van der Waals surface area contributed by atoms with Gasteiger partial charge in [0.05, 0.1) is 10.6 Å². The number of nitrogens with zero attached hydrogens (tertiary/aromatic N) is 2. The largest absolute Gasteiger partial charge is 0.458 e. The van der Waals surface area contributed by atoms with Gasteiger partial charge < -0.3 is 4.74 Å². The molecule has 0 unspecified atom stereocenters. The predicted octanol–water partition coefficient (Wildman–Crippen LogP) is 1.53. The van der Waals surface area contributed by atoms with Gasteiger partial charge in [0.1, 0.15) is 6.61 Å². The Kier molecular flexibility index (Phi) is 5.77. The lowest BCUT2D eigenvalue weighted by atomic mass is 10.1. The predicted molar refractivity (Wildman–Crippen MR) is 111 cm³/mol. The Labute approximate surface area is 175 Å². The number of aryl methyl sites for hydroxylation is 2. The third-order valence-electron chi connectivity index (χ3n) is 5.91. The summed E-state index contributed by atoms with van der Waals surface area (Å²) in [6, 6.07) is 6.34. The van der Waals surface area contributed by atoms with E-state index < -0.39 is 31.8 Å². The van der Waals surface area contributed by atoms with E-state index in [4.69, 9.17) is 4.74 Å². The minimum atomic E-state index is -4.00. The standard InChI is InChI=1S/C21H26N2O6S/c1-14-7-8-15(2)17(11-14)30(27,28)21(9-5-6-10-21)19(25)29-13-16-12-18(24)23(4)20(26)22(16)3/h7-8,11-12H,5-6,9-10,13H2,1-4H3. The average Bonchev–Trinajstić information content (AvgIpc) is 3.21. The maximum absolute atomic E-state index is 13.6. The summed E-state index contributed by atoms with van der Waals surface area (Å²) in [5.74, 6) is -0.839. The molecule has 0 amide bonds. The van der Waals surface area contributed by atoms with Crippen molar-refractivity contribution in [1.29, 1.82) is 0 Å². The first kappa shape index (κ1) is 22.0. The van der Waals surface area contributed by atoms with E-state index in [2.05, 4.69) is 0 Å². The molecule has 1 fully saturated rings. The van der Waals surface area contributed by atoms with Crippen molar-refractivity contribution in [2.45, 2.75) is 55.8 Å². The molecule has 0 aliphatic heterocycles. The quantitative estimate of drug-likeness (QED) is 0.661. The van der Waals surface area contributed by atoms with Crippen LogP contribution in [0.15, 0.2) is 38.8 Å². The van der Waals surface area contributed by atoms with Crippen molar-refractivity contribution >= 4 is 15.8 Å². The fourth-order valence-electron chi connectivity index (χ4n) is 3.92. The van der Waals surface area contributed by atoms with Crippen LogP contribution < -0.4 is 11.2 Å². The number of benzene rings is 1. The minimum absolute atomic E-state index is 0.141. The van der Waals surface area contributed by atoms with Gasteiger partial charge in [-0.1, -0.05) is 25.0 Å². The second-order valence-electron chi connectivity index (χ2n) is 7.92. The molecule has 0 bridgehead atoms. The Bertz CT molecular complexity index is 1220. The van der Waals surface area contributed by atoms with Crippen LogP contribution in [0.5, 0.6) is 0 Å². The van der Waals surface area contributed by atoms with Crippen molar-refractivity contribution in [3.05, 3.63) is 61.9 Å². The molecule has 30 heavy (non-hydrogen) atoms. The van der Waals surface area contributed by atoms with Crippen LogP contribution in [0, 0.1) is 13.8 Å². The molecule has 0 saturated heterocycles. The van der Waals surface area contributed by atoms with Crippen LogP contribution in [0.3, 0.4) is 0 Å². The van der Waals surface area contributed by atoms with Crippen LogP contribution in [0.4, 0.5) is 0 Å². The summed E-state index contributed by atoms with van der Waals surface area (Å²) in [6.07, 6.45) is 1.56. The Morgan fingerprint density at radius 1 is 1.07 bits per heavy atom. The SMILES string of the molecule is Cc1ccc(C)c(S(=O)(=O)C2(C(=O)OCc3cc(=O)n(C)c(=O)n3C)CCCC2)c1. The lowest BCUT2D eigenvalue weighted by molar-refractivity contribution is -0.148. The molecule has 0 spiro atoms. The molecule has 1 aliphatic rings. The molecule has 1 aromatic carbocycles. The van der Waals surface area contributed by atoms with Gasteiger partial charge in [-0.15, -0.1) is 0 Å². The highest BCUT2D eigenvalue weighted by Gasteiger charge is 2.54. The number of esters is 1. The summed E-state index contributed by atoms with van der Waals surface area (Å²) < 4.78 is 33.1. The molecule has 3 rings (SSSR count). The second kappa shape index (κ2) is 7.86. The molecule has 0 atom stereocenters. The van der Waals surface area contributed by atoms with Crippen molar-refractivity contribution in [2.75, 3.05) is 0 Å². The fourth-order valence-corrected chi connectivity index (χ4v) is 6.28. The van der Waals surface area contributed by atoms with Crippen molar-refractivity contribution in [3.63, 3.8) is 0 Å². The zero-order valence-corrected chi connectivity index (χ0v) is 18.4. The monoisotopic (exact) mass is 434 g/mol. The van der Waals surface area contributed by atoms with Crippen molar-refractivity contribution in [1.82, 2.24) is 9.13 Å². The number of aromatic nitrogens is 2. The van der Waals surface area contributed by atoms with Gasteiger partial charge in [0.25, 0.3) is 5.56 Å². The lowest BCUT2D eigenvalue weighted by Gasteiger charge is -2.27. The van der Waals surface area contributed by atoms with Crippen LogP contribution in [0.1, 0.15) is 42.5 Å². The number of rotatable bonds is 5. The normalized spacial score (nSPS) is 15.9. The lowest BCUT2D eigenvalue weighted by Crippen LogP contribution is -2.46. The summed E-state index contributed by atoms with van der Waals surface area (Å²) in [4.78, 5) is 37.3. The first-order valence-corrected chi connectivity index (χ1v) is 11.2. The van der Waals surface area contributed by atoms with Crippen LogP contribution in [-0.4, -0.2) is 28.3 Å². The molecule has 1 aliphatic carbocycles. The molecule has 2 aromatic rings. The maximum atomic E-state index is 13.6. The van der Waals surface area contributed by atoms with Crippen LogP contribution >= 0.6 is 0 Å². The van der Waals surface area contributed by atoms with Gasteiger partial charge in [-0.3, -0.25) is 18.7 Å². The molecule has 8 nitrogen and oxygen atoms in total. The van der Waals surface area contributed by atoms with Crippen molar-refractivity contribution < 1.29 is 17.9 Å². The summed E-state index contributed by atoms with van der Waals surface area (Å²) >= 11 is 0. The van der Waals surface area contributed by atoms with Crippen molar-refractivity contribution in [2.24, 2.45) is 14.1 Å². The number of hydrogen-bond acceptors (Lipinski definition) is 6. The van der Waals surface area contributed by atoms with Gasteiger partial charge in [-0.25, -0.2) is 13.2 Å². The van der Waals surface area contributed by atoms with Crippen LogP contribution in [0.2, 0.25) is 0 Å². The average molecular weight is 435 g/mol. The highest BCUT2D eigenvalue weighted by molar-refractivity contribution is 7.93. The molecule has 0 N–H and O–H groups in total. The number of ether oxygens (including phenoxy) is 1. The van der Waals surface area contributed by atoms with E-state index in [1.54, 1.807) is 26.0 Å². The zero-order valence-electron chi connectivity index (χ0n) is 17.6. The van der Waals surface area contributed by atoms with Gasteiger partial charge in [-0.05, 0) is 43.9 Å². The smallest absolute Gasteiger partial charge is 0.330 e. The molecule has 9 heteroatoms. The van der Waals surface area contributed by atoms with E-state index in [1.807, 2.05) is 6.07 Å². The van der Waals surface area contributed by atoms with E-state index in [9.17, 15) is 22.8 Å². The van der Waals surface area contributed by atoms with Gasteiger partial charge in [0.15, 0.2) is 14.6 Å². The summed E-state index contributed by atoms with van der Waals surface area (Å²) in [5, 5.41) is 0. The highest BCUT2D eigenvalue weighted by atomic mass is 32.2. The van der Waals surface area contributed by atoms with Crippen molar-refractivity contribution in [3.8, 4) is 0 Å². The summed E-state index contributed by atoms with van der Waals surface area (Å²) in [6.45, 7) is 3.15. The van der Waals surface area contributed by atoms with E-state index in [0.29, 0.717) is 18.4 Å². The highest BCUT2D eigenvalue weighted by Crippen LogP contribution is 2.42. The van der Waals surface area contributed by atoms with Gasteiger partial charge in [-0.2, -0.15) is 0 Å². The number of sulfone groups is 1. The molecule has 1 saturated carbocycles.